The van der Waals surface area contributed by atoms with Crippen molar-refractivity contribution < 1.29 is 52.7 Å². The molecule has 42 heavy (non-hydrogen) atoms. The second kappa shape index (κ2) is 15.1. The number of hydrogen-bond acceptors (Lipinski definition) is 8. The van der Waals surface area contributed by atoms with Crippen molar-refractivity contribution in [3.8, 4) is 11.5 Å². The Hall–Kier alpha value is -4.26. The van der Waals surface area contributed by atoms with Crippen LogP contribution in [0, 0.1) is 5.82 Å². The fourth-order valence-corrected chi connectivity index (χ4v) is 3.42. The predicted molar refractivity (Wildman–Crippen MR) is 150 cm³/mol. The summed E-state index contributed by atoms with van der Waals surface area (Å²) in [7, 11) is 2.75. The summed E-state index contributed by atoms with van der Waals surface area (Å²) in [6, 6.07) is 5.44. The van der Waals surface area contributed by atoms with Crippen LogP contribution in [0.25, 0.3) is 0 Å². The molecule has 2 amide bonds. The molecule has 2 atom stereocenters. The zero-order valence-electron chi connectivity index (χ0n) is 24.5. The molecule has 0 spiro atoms. The number of methoxy groups -OCH3 is 2. The molecule has 0 radical (unpaired) electrons. The monoisotopic (exact) mass is 614 g/mol. The van der Waals surface area contributed by atoms with E-state index in [1.54, 1.807) is 41.5 Å². The summed E-state index contributed by atoms with van der Waals surface area (Å²) in [4.78, 5) is 45.9. The maximum atomic E-state index is 13.6. The normalized spacial score (nSPS) is 12.4. The third kappa shape index (κ3) is 12.1. The third-order valence-electron chi connectivity index (χ3n) is 4.83. The Morgan fingerprint density at radius 2 is 1.12 bits per heavy atom. The largest absolute Gasteiger partial charge is 0.495 e. The highest BCUT2D eigenvalue weighted by Crippen LogP contribution is 2.28. The van der Waals surface area contributed by atoms with Gasteiger partial charge in [0.05, 0.1) is 19.2 Å². The van der Waals surface area contributed by atoms with Gasteiger partial charge in [-0.05, 0) is 76.9 Å². The SMILES string of the molecule is COc1ccc(C(NC(=O)OC(C)(C)C)C(=O)O)cc1Cl.COc1ccc(C(NC(=O)OC(C)(C)C)C(=O)O)cc1F. The van der Waals surface area contributed by atoms with Crippen LogP contribution in [0.5, 0.6) is 11.5 Å². The summed E-state index contributed by atoms with van der Waals surface area (Å²) in [5, 5.41) is 23.2. The van der Waals surface area contributed by atoms with Gasteiger partial charge in [0, 0.05) is 0 Å². The van der Waals surface area contributed by atoms with E-state index in [2.05, 4.69) is 10.6 Å². The van der Waals surface area contributed by atoms with Crippen LogP contribution in [-0.4, -0.2) is 59.8 Å². The zero-order valence-corrected chi connectivity index (χ0v) is 25.3. The number of benzene rings is 2. The van der Waals surface area contributed by atoms with Crippen molar-refractivity contribution in [1.82, 2.24) is 10.6 Å². The Labute approximate surface area is 248 Å². The Balaban J connectivity index is 0.000000420. The number of halogens is 2. The van der Waals surface area contributed by atoms with Crippen LogP contribution in [-0.2, 0) is 19.1 Å². The van der Waals surface area contributed by atoms with Gasteiger partial charge >= 0.3 is 24.1 Å². The van der Waals surface area contributed by atoms with E-state index in [4.69, 9.17) is 35.7 Å². The molecular weight excluding hydrogens is 579 g/mol. The molecular formula is C28H36ClFN2O10. The molecule has 14 heteroatoms. The standard InChI is InChI=1S/C14H18ClNO5.C14H18FNO5/c2*1-14(2,3)21-13(19)16-11(12(17)18)8-5-6-10(20-4)9(15)7-8/h2*5-7,11H,1-4H3,(H,16,19)(H,17,18). The number of carbonyl (C=O) groups is 4. The molecule has 2 unspecified atom stereocenters. The molecule has 0 saturated carbocycles. The lowest BCUT2D eigenvalue weighted by molar-refractivity contribution is -0.140. The Kier molecular flexibility index (Phi) is 12.9. The smallest absolute Gasteiger partial charge is 0.408 e. The molecule has 0 aliphatic rings. The van der Waals surface area contributed by atoms with Gasteiger partial charge in [-0.25, -0.2) is 23.6 Å². The van der Waals surface area contributed by atoms with Gasteiger partial charge in [0.2, 0.25) is 0 Å². The molecule has 12 nitrogen and oxygen atoms in total. The van der Waals surface area contributed by atoms with Gasteiger partial charge in [0.15, 0.2) is 23.7 Å². The van der Waals surface area contributed by atoms with E-state index >= 15 is 0 Å². The van der Waals surface area contributed by atoms with Crippen molar-refractivity contribution in [2.75, 3.05) is 14.2 Å². The van der Waals surface area contributed by atoms with Gasteiger partial charge in [-0.2, -0.15) is 0 Å². The Morgan fingerprint density at radius 1 is 0.738 bits per heavy atom. The van der Waals surface area contributed by atoms with Gasteiger partial charge in [0.25, 0.3) is 0 Å². The lowest BCUT2D eigenvalue weighted by Gasteiger charge is -2.22. The van der Waals surface area contributed by atoms with Crippen molar-refractivity contribution in [3.05, 3.63) is 58.4 Å². The van der Waals surface area contributed by atoms with Gasteiger partial charge in [0.1, 0.15) is 17.0 Å². The number of amides is 2. The lowest BCUT2D eigenvalue weighted by Crippen LogP contribution is -2.38. The first kappa shape index (κ1) is 35.8. The second-order valence-electron chi connectivity index (χ2n) is 10.6. The molecule has 232 valence electrons. The quantitative estimate of drug-likeness (QED) is 0.298. The Morgan fingerprint density at radius 3 is 1.43 bits per heavy atom. The molecule has 4 N–H and O–H groups in total. The first-order valence-electron chi connectivity index (χ1n) is 12.4. The minimum Gasteiger partial charge on any atom is -0.495 e. The summed E-state index contributed by atoms with van der Waals surface area (Å²) in [6.45, 7) is 10.0. The summed E-state index contributed by atoms with van der Waals surface area (Å²) in [5.41, 5.74) is -1.09. The molecule has 0 aliphatic heterocycles. The number of carboxylic acids is 2. The number of carbonyl (C=O) groups excluding carboxylic acids is 2. The van der Waals surface area contributed by atoms with E-state index in [9.17, 15) is 28.7 Å². The molecule has 0 aliphatic carbocycles. The number of ether oxygens (including phenoxy) is 4. The van der Waals surface area contributed by atoms with Gasteiger partial charge in [-0.15, -0.1) is 0 Å². The van der Waals surface area contributed by atoms with Crippen molar-refractivity contribution in [1.29, 1.82) is 0 Å². The van der Waals surface area contributed by atoms with Crippen molar-refractivity contribution in [3.63, 3.8) is 0 Å². The highest BCUT2D eigenvalue weighted by atomic mass is 35.5. The van der Waals surface area contributed by atoms with E-state index in [-0.39, 0.29) is 16.3 Å². The predicted octanol–water partition coefficient (Wildman–Crippen LogP) is 5.48. The van der Waals surface area contributed by atoms with E-state index in [1.807, 2.05) is 0 Å². The Bertz CT molecular complexity index is 1180. The number of nitrogens with one attached hydrogen (secondary N) is 2. The fourth-order valence-electron chi connectivity index (χ4n) is 3.15. The van der Waals surface area contributed by atoms with Gasteiger partial charge in [-0.3, -0.25) is 0 Å². The van der Waals surface area contributed by atoms with Gasteiger partial charge < -0.3 is 39.8 Å². The van der Waals surface area contributed by atoms with Gasteiger partial charge in [-0.1, -0.05) is 23.7 Å². The first-order chi connectivity index (χ1) is 19.3. The van der Waals surface area contributed by atoms with E-state index in [0.717, 1.165) is 6.07 Å². The minimum atomic E-state index is -1.42. The van der Waals surface area contributed by atoms with E-state index in [0.29, 0.717) is 11.3 Å². The van der Waals surface area contributed by atoms with Crippen LogP contribution in [0.2, 0.25) is 5.02 Å². The van der Waals surface area contributed by atoms with Crippen LogP contribution in [0.1, 0.15) is 64.8 Å². The van der Waals surface area contributed by atoms with Crippen LogP contribution in [0.3, 0.4) is 0 Å². The van der Waals surface area contributed by atoms with Crippen molar-refractivity contribution >= 4 is 35.7 Å². The van der Waals surface area contributed by atoms with Crippen LogP contribution in [0.15, 0.2) is 36.4 Å². The number of aliphatic carboxylic acids is 2. The topological polar surface area (TPSA) is 170 Å². The molecule has 2 rings (SSSR count). The number of hydrogen-bond donors (Lipinski definition) is 4. The van der Waals surface area contributed by atoms with Crippen LogP contribution in [0.4, 0.5) is 14.0 Å². The molecule has 0 fully saturated rings. The van der Waals surface area contributed by atoms with E-state index in [1.165, 1.54) is 44.6 Å². The summed E-state index contributed by atoms with van der Waals surface area (Å²) < 4.78 is 33.4. The number of carboxylic acid groups (broad SMARTS) is 2. The highest BCUT2D eigenvalue weighted by Gasteiger charge is 2.27. The molecule has 2 aromatic rings. The summed E-state index contributed by atoms with van der Waals surface area (Å²) in [6.07, 6.45) is -1.71. The maximum Gasteiger partial charge on any atom is 0.408 e. The molecule has 0 saturated heterocycles. The number of alkyl carbamates (subject to hydrolysis) is 2. The average molecular weight is 615 g/mol. The summed E-state index contributed by atoms with van der Waals surface area (Å²) in [5.74, 6) is -2.86. The molecule has 2 aromatic carbocycles. The average Bonchev–Trinajstić information content (AvgIpc) is 2.83. The minimum absolute atomic E-state index is 0.0137. The zero-order chi connectivity index (χ0) is 32.4. The third-order valence-corrected chi connectivity index (χ3v) is 5.13. The van der Waals surface area contributed by atoms with E-state index < -0.39 is 53.2 Å². The first-order valence-corrected chi connectivity index (χ1v) is 12.8. The number of rotatable bonds is 8. The van der Waals surface area contributed by atoms with Crippen LogP contribution >= 0.6 is 11.6 Å². The molecule has 0 heterocycles. The molecule has 0 aromatic heterocycles. The second-order valence-corrected chi connectivity index (χ2v) is 11.0. The summed E-state index contributed by atoms with van der Waals surface area (Å²) >= 11 is 5.96. The molecule has 0 bridgehead atoms. The highest BCUT2D eigenvalue weighted by molar-refractivity contribution is 6.32. The van der Waals surface area contributed by atoms with Crippen LogP contribution < -0.4 is 20.1 Å². The fraction of sp³-hybridized carbons (Fsp3) is 0.429. The lowest BCUT2D eigenvalue weighted by atomic mass is 10.1. The van der Waals surface area contributed by atoms with Crippen molar-refractivity contribution in [2.45, 2.75) is 64.8 Å². The maximum absolute atomic E-state index is 13.6. The van der Waals surface area contributed by atoms with Crippen molar-refractivity contribution in [2.24, 2.45) is 0 Å².